The molecule has 4 heteroatoms. The molecule has 0 fully saturated rings. The van der Waals surface area contributed by atoms with E-state index in [0.29, 0.717) is 0 Å². The summed E-state index contributed by atoms with van der Waals surface area (Å²) in [6.07, 6.45) is 0. The van der Waals surface area contributed by atoms with Crippen LogP contribution in [0.4, 0.5) is 0 Å². The van der Waals surface area contributed by atoms with Crippen LogP contribution in [-0.2, 0) is 7.06 Å². The third kappa shape index (κ3) is 3.05. The van der Waals surface area contributed by atoms with Crippen molar-refractivity contribution in [2.24, 2.45) is 0 Å². The van der Waals surface area contributed by atoms with Crippen molar-refractivity contribution in [1.29, 1.82) is 0 Å². The zero-order chi connectivity index (χ0) is 4.99. The number of rotatable bonds is 2. The van der Waals surface area contributed by atoms with Crippen LogP contribution in [0.2, 0.25) is 0 Å². The number of hydrogen-bond donors (Lipinski definition) is 0. The van der Waals surface area contributed by atoms with Crippen LogP contribution in [0.15, 0.2) is 0 Å². The molecule has 0 aromatic rings. The summed E-state index contributed by atoms with van der Waals surface area (Å²) in [5.74, 6) is 0. The van der Waals surface area contributed by atoms with E-state index in [1.807, 2.05) is 0 Å². The summed E-state index contributed by atoms with van der Waals surface area (Å²) in [6, 6.07) is 0. The topological polar surface area (TPSA) is 18.5 Å². The molecule has 0 aromatic heterocycles. The molecule has 0 spiro atoms. The molecule has 0 radical (unpaired) electrons. The first-order valence-electron chi connectivity index (χ1n) is 1.51. The molecule has 2 nitrogen and oxygen atoms in total. The van der Waals surface area contributed by atoms with E-state index >= 15 is 0 Å². The first kappa shape index (κ1) is 6.85. The number of hydrogen-bond acceptors (Lipinski definition) is 2. The molecule has 0 atom stereocenters. The molecule has 0 amide bonds. The predicted octanol–water partition coefficient (Wildman–Crippen LogP) is 0.503. The van der Waals surface area contributed by atoms with E-state index in [0.717, 1.165) is 0 Å². The van der Waals surface area contributed by atoms with Gasteiger partial charge in [0.1, 0.15) is 0 Å². The van der Waals surface area contributed by atoms with E-state index in [1.165, 1.54) is 0 Å². The molecule has 0 aromatic carbocycles. The van der Waals surface area contributed by atoms with Gasteiger partial charge in [-0.15, -0.1) is 0 Å². The second kappa shape index (κ2) is 4.02. The fraction of sp³-hybridized carbons (Fsp3) is 1.00. The summed E-state index contributed by atoms with van der Waals surface area (Å²) in [4.78, 5) is 0. The average molecular weight is 167 g/mol. The molecule has 0 unspecified atom stereocenters. The van der Waals surface area contributed by atoms with Gasteiger partial charge >= 0.3 is 46.9 Å². The quantitative estimate of drug-likeness (QED) is 0.558. The van der Waals surface area contributed by atoms with Crippen molar-refractivity contribution in [1.82, 2.24) is 0 Å². The first-order valence-corrected chi connectivity index (χ1v) is 6.67. The van der Waals surface area contributed by atoms with E-state index in [-0.39, 0.29) is 0 Å². The van der Waals surface area contributed by atoms with Crippen LogP contribution in [-0.4, -0.2) is 30.2 Å². The van der Waals surface area contributed by atoms with E-state index in [9.17, 15) is 0 Å². The Morgan fingerprint density at radius 2 is 1.67 bits per heavy atom. The van der Waals surface area contributed by atoms with E-state index in [2.05, 4.69) is 7.06 Å². The van der Waals surface area contributed by atoms with Crippen molar-refractivity contribution in [2.45, 2.75) is 0 Å². The molecule has 0 heterocycles. The van der Waals surface area contributed by atoms with Crippen molar-refractivity contribution in [3.8, 4) is 0 Å². The van der Waals surface area contributed by atoms with Gasteiger partial charge in [0.15, 0.2) is 0 Å². The van der Waals surface area contributed by atoms with E-state index in [4.69, 9.17) is 9.64 Å². The van der Waals surface area contributed by atoms with Crippen LogP contribution in [0.1, 0.15) is 0 Å². The maximum absolute atomic E-state index is 5.39. The van der Waals surface area contributed by atoms with Gasteiger partial charge in [-0.25, -0.2) is 0 Å². The number of halogens is 1. The van der Waals surface area contributed by atoms with Crippen LogP contribution < -0.4 is 0 Å². The van der Waals surface area contributed by atoms with Crippen molar-refractivity contribution in [3.63, 3.8) is 0 Å². The maximum atomic E-state index is 5.39. The summed E-state index contributed by atoms with van der Waals surface area (Å²) in [6.45, 7) is 0. The molecular weight excluding hydrogens is 161 g/mol. The van der Waals surface area contributed by atoms with Gasteiger partial charge in [0.05, 0.1) is 0 Å². The van der Waals surface area contributed by atoms with Gasteiger partial charge in [-0.3, -0.25) is 0 Å². The van der Waals surface area contributed by atoms with Crippen molar-refractivity contribution < 1.29 is 7.06 Å². The Morgan fingerprint density at radius 3 is 1.67 bits per heavy atom. The average Bonchev–Trinajstić information content (AvgIpc) is 1.65. The summed E-state index contributed by atoms with van der Waals surface area (Å²) in [5.41, 5.74) is 0. The standard InChI is InChI=1S/2CH3O.ClH.Ga/c2*1-2;;/h2*1H3;1H;/q2*-1;;+3/p-1. The Bertz CT molecular complexity index is 30.7. The summed E-state index contributed by atoms with van der Waals surface area (Å²) >= 11 is -2.07. The summed E-state index contributed by atoms with van der Waals surface area (Å²) < 4.78 is 9.26. The minimum absolute atomic E-state index is 1.56. The normalized spacial score (nSPS) is 8.50. The molecule has 0 rings (SSSR count). The van der Waals surface area contributed by atoms with Crippen molar-refractivity contribution in [2.75, 3.05) is 14.2 Å². The third-order valence-electron chi connectivity index (χ3n) is 0.371. The molecule has 0 bridgehead atoms. The Morgan fingerprint density at radius 1 is 1.33 bits per heavy atom. The second-order valence-electron chi connectivity index (χ2n) is 0.746. The van der Waals surface area contributed by atoms with Crippen LogP contribution in [0.25, 0.3) is 0 Å². The molecule has 0 aliphatic carbocycles. The fourth-order valence-corrected chi connectivity index (χ4v) is 0.500. The minimum atomic E-state index is -2.07. The van der Waals surface area contributed by atoms with Crippen LogP contribution in [0.5, 0.6) is 0 Å². The van der Waals surface area contributed by atoms with Crippen molar-refractivity contribution >= 4 is 25.6 Å². The van der Waals surface area contributed by atoms with Gasteiger partial charge in [0, 0.05) is 0 Å². The monoisotopic (exact) mass is 166 g/mol. The van der Waals surface area contributed by atoms with Gasteiger partial charge < -0.3 is 0 Å². The van der Waals surface area contributed by atoms with Gasteiger partial charge in [0.25, 0.3) is 0 Å². The van der Waals surface area contributed by atoms with Gasteiger partial charge in [-0.2, -0.15) is 0 Å². The van der Waals surface area contributed by atoms with Gasteiger partial charge in [-0.05, 0) is 0 Å². The van der Waals surface area contributed by atoms with Crippen LogP contribution >= 0.6 is 9.64 Å². The first-order chi connectivity index (χ1) is 2.81. The third-order valence-corrected chi connectivity index (χ3v) is 3.78. The molecule has 36 valence electrons. The van der Waals surface area contributed by atoms with Crippen molar-refractivity contribution in [3.05, 3.63) is 0 Å². The SMILES string of the molecule is C[O][Ga]([Cl])[O]C. The molecule has 0 N–H and O–H groups in total. The van der Waals surface area contributed by atoms with E-state index < -0.39 is 15.9 Å². The van der Waals surface area contributed by atoms with Crippen LogP contribution in [0, 0.1) is 0 Å². The molecule has 0 saturated heterocycles. The summed E-state index contributed by atoms with van der Waals surface area (Å²) in [7, 11) is 8.51. The Labute approximate surface area is 47.3 Å². The second-order valence-corrected chi connectivity index (χ2v) is 5.73. The van der Waals surface area contributed by atoms with Gasteiger partial charge in [-0.1, -0.05) is 0 Å². The molecule has 0 aliphatic rings. The Kier molecular flexibility index (Phi) is 4.58. The molecule has 0 saturated carbocycles. The Balaban J connectivity index is 2.75. The Hall–Kier alpha value is 0.846. The molecule has 0 aliphatic heterocycles. The van der Waals surface area contributed by atoms with Gasteiger partial charge in [0.2, 0.25) is 0 Å². The zero-order valence-electron chi connectivity index (χ0n) is 3.77. The molecule has 6 heavy (non-hydrogen) atoms. The van der Waals surface area contributed by atoms with Crippen LogP contribution in [0.3, 0.4) is 0 Å². The summed E-state index contributed by atoms with van der Waals surface area (Å²) in [5, 5.41) is 0. The molecular formula is C2H6ClGaO2. The zero-order valence-corrected chi connectivity index (χ0v) is 6.95. The van der Waals surface area contributed by atoms with E-state index in [1.54, 1.807) is 14.2 Å². The fourth-order valence-electron chi connectivity index (χ4n) is 0.0962. The predicted molar refractivity (Wildman–Crippen MR) is 25.6 cm³/mol.